The molecule has 6 nitrogen and oxygen atoms in total. The molecule has 0 amide bonds. The Morgan fingerprint density at radius 3 is 2.67 bits per heavy atom. The summed E-state index contributed by atoms with van der Waals surface area (Å²) in [6, 6.07) is 5.07. The average Bonchev–Trinajstić information content (AvgIpc) is 3.31. The van der Waals surface area contributed by atoms with Crippen LogP contribution in [-0.2, 0) is 15.5 Å². The van der Waals surface area contributed by atoms with Gasteiger partial charge in [0.05, 0.1) is 22.8 Å². The third-order valence-electron chi connectivity index (χ3n) is 3.77. The maximum absolute atomic E-state index is 13.1. The Balaban J connectivity index is 2.15. The Kier molecular flexibility index (Phi) is 4.86. The second kappa shape index (κ2) is 6.75. The fourth-order valence-electron chi connectivity index (χ4n) is 2.44. The zero-order chi connectivity index (χ0) is 17.4. The van der Waals surface area contributed by atoms with E-state index in [9.17, 15) is 13.8 Å². The Hall–Kier alpha value is -1.55. The van der Waals surface area contributed by atoms with E-state index in [-0.39, 0.29) is 22.7 Å². The molecule has 24 heavy (non-hydrogen) atoms. The van der Waals surface area contributed by atoms with Crippen molar-refractivity contribution in [2.75, 3.05) is 13.4 Å². The molecule has 126 valence electrons. The van der Waals surface area contributed by atoms with Gasteiger partial charge in [-0.1, -0.05) is 5.16 Å². The van der Waals surface area contributed by atoms with Gasteiger partial charge in [0, 0.05) is 21.3 Å². The SMILES string of the molecule is COC(=O)c1noc(C2CC2)c1C(=O)c1ccc(I)cc1S(C)=O. The van der Waals surface area contributed by atoms with Crippen LogP contribution >= 0.6 is 22.6 Å². The quantitative estimate of drug-likeness (QED) is 0.389. The van der Waals surface area contributed by atoms with Gasteiger partial charge in [0.15, 0.2) is 11.5 Å². The predicted molar refractivity (Wildman–Crippen MR) is 94.7 cm³/mol. The Labute approximate surface area is 154 Å². The summed E-state index contributed by atoms with van der Waals surface area (Å²) in [7, 11) is -0.125. The molecule has 2 aromatic rings. The molecular formula is C16H14INO5S. The Bertz CT molecular complexity index is 856. The van der Waals surface area contributed by atoms with Crippen LogP contribution in [0.25, 0.3) is 0 Å². The molecular weight excluding hydrogens is 445 g/mol. The molecule has 1 fully saturated rings. The van der Waals surface area contributed by atoms with Crippen molar-refractivity contribution in [1.82, 2.24) is 5.16 Å². The van der Waals surface area contributed by atoms with Crippen molar-refractivity contribution in [1.29, 1.82) is 0 Å². The van der Waals surface area contributed by atoms with E-state index in [4.69, 9.17) is 9.26 Å². The third-order valence-corrected chi connectivity index (χ3v) is 5.40. The lowest BCUT2D eigenvalue weighted by molar-refractivity contribution is 0.0586. The number of rotatable bonds is 5. The number of halogens is 1. The molecule has 1 heterocycles. The zero-order valence-electron chi connectivity index (χ0n) is 13.0. The minimum Gasteiger partial charge on any atom is -0.464 e. The number of hydrogen-bond acceptors (Lipinski definition) is 6. The van der Waals surface area contributed by atoms with Gasteiger partial charge in [0.25, 0.3) is 0 Å². The molecule has 1 aliphatic carbocycles. The van der Waals surface area contributed by atoms with Crippen molar-refractivity contribution in [2.45, 2.75) is 23.7 Å². The number of carbonyl (C=O) groups is 2. The fraction of sp³-hybridized carbons (Fsp3) is 0.312. The molecule has 8 heteroatoms. The lowest BCUT2D eigenvalue weighted by Gasteiger charge is -2.08. The second-order valence-corrected chi connectivity index (χ2v) is 8.05. The number of benzene rings is 1. The van der Waals surface area contributed by atoms with Crippen LogP contribution in [0.2, 0.25) is 0 Å². The topological polar surface area (TPSA) is 86.5 Å². The van der Waals surface area contributed by atoms with E-state index in [1.165, 1.54) is 13.4 Å². The molecule has 1 aromatic heterocycles. The lowest BCUT2D eigenvalue weighted by Crippen LogP contribution is -2.13. The number of aromatic nitrogens is 1. The first-order chi connectivity index (χ1) is 11.4. The molecule has 1 aromatic carbocycles. The van der Waals surface area contributed by atoms with E-state index >= 15 is 0 Å². The van der Waals surface area contributed by atoms with Gasteiger partial charge in [-0.2, -0.15) is 0 Å². The third kappa shape index (κ3) is 3.16. The van der Waals surface area contributed by atoms with Crippen LogP contribution < -0.4 is 0 Å². The van der Waals surface area contributed by atoms with Gasteiger partial charge >= 0.3 is 5.97 Å². The highest BCUT2D eigenvalue weighted by molar-refractivity contribution is 14.1. The van der Waals surface area contributed by atoms with E-state index in [1.807, 2.05) is 0 Å². The van der Waals surface area contributed by atoms with Crippen LogP contribution in [0.1, 0.15) is 50.9 Å². The van der Waals surface area contributed by atoms with Crippen LogP contribution in [0.3, 0.4) is 0 Å². The smallest absolute Gasteiger partial charge is 0.361 e. The van der Waals surface area contributed by atoms with Gasteiger partial charge in [-0.3, -0.25) is 9.00 Å². The molecule has 0 aliphatic heterocycles. The maximum atomic E-state index is 13.1. The summed E-state index contributed by atoms with van der Waals surface area (Å²) in [5.41, 5.74) is 0.277. The number of nitrogens with zero attached hydrogens (tertiary/aromatic N) is 1. The number of ketones is 1. The number of carbonyl (C=O) groups excluding carboxylic acids is 2. The first kappa shape index (κ1) is 17.3. The molecule has 1 aliphatic rings. The first-order valence-electron chi connectivity index (χ1n) is 7.19. The van der Waals surface area contributed by atoms with Crippen molar-refractivity contribution in [3.63, 3.8) is 0 Å². The van der Waals surface area contributed by atoms with Gasteiger partial charge < -0.3 is 9.26 Å². The van der Waals surface area contributed by atoms with Crippen LogP contribution in [0.5, 0.6) is 0 Å². The fourth-order valence-corrected chi connectivity index (χ4v) is 3.90. The monoisotopic (exact) mass is 459 g/mol. The largest absolute Gasteiger partial charge is 0.464 e. The molecule has 0 spiro atoms. The van der Waals surface area contributed by atoms with Crippen LogP contribution in [0, 0.1) is 3.57 Å². The van der Waals surface area contributed by atoms with Crippen LogP contribution in [-0.4, -0.2) is 34.5 Å². The second-order valence-electron chi connectivity index (χ2n) is 5.46. The molecule has 0 saturated heterocycles. The summed E-state index contributed by atoms with van der Waals surface area (Å²) >= 11 is 2.09. The van der Waals surface area contributed by atoms with Crippen molar-refractivity contribution in [3.05, 3.63) is 44.4 Å². The highest BCUT2D eigenvalue weighted by Crippen LogP contribution is 2.43. The summed E-state index contributed by atoms with van der Waals surface area (Å²) in [5, 5.41) is 3.74. The van der Waals surface area contributed by atoms with Crippen LogP contribution in [0.4, 0.5) is 0 Å². The average molecular weight is 459 g/mol. The molecule has 1 saturated carbocycles. The summed E-state index contributed by atoms with van der Waals surface area (Å²) in [5.74, 6) is -0.639. The van der Waals surface area contributed by atoms with Gasteiger partial charge in [-0.15, -0.1) is 0 Å². The van der Waals surface area contributed by atoms with Gasteiger partial charge in [0.2, 0.25) is 5.69 Å². The molecule has 0 bridgehead atoms. The highest BCUT2D eigenvalue weighted by atomic mass is 127. The van der Waals surface area contributed by atoms with Crippen molar-refractivity contribution >= 4 is 45.1 Å². The van der Waals surface area contributed by atoms with E-state index in [0.29, 0.717) is 10.7 Å². The molecule has 0 N–H and O–H groups in total. The number of hydrogen-bond donors (Lipinski definition) is 0. The normalized spacial score (nSPS) is 15.1. The van der Waals surface area contributed by atoms with Gasteiger partial charge in [-0.05, 0) is 53.6 Å². The van der Waals surface area contributed by atoms with E-state index < -0.39 is 22.6 Å². The van der Waals surface area contributed by atoms with E-state index in [1.54, 1.807) is 18.2 Å². The highest BCUT2D eigenvalue weighted by Gasteiger charge is 2.38. The minimum absolute atomic E-state index is 0.0919. The van der Waals surface area contributed by atoms with E-state index in [2.05, 4.69) is 27.7 Å². The maximum Gasteiger partial charge on any atom is 0.361 e. The van der Waals surface area contributed by atoms with Crippen molar-refractivity contribution in [2.24, 2.45) is 0 Å². The van der Waals surface area contributed by atoms with Gasteiger partial charge in [0.1, 0.15) is 5.56 Å². The Morgan fingerprint density at radius 1 is 1.38 bits per heavy atom. The molecule has 1 unspecified atom stereocenters. The lowest BCUT2D eigenvalue weighted by atomic mass is 9.99. The number of esters is 1. The summed E-state index contributed by atoms with van der Waals surface area (Å²) in [6.07, 6.45) is 3.28. The number of methoxy groups -OCH3 is 1. The minimum atomic E-state index is -1.35. The number of ether oxygens (including phenoxy) is 1. The summed E-state index contributed by atoms with van der Waals surface area (Å²) in [6.45, 7) is 0. The molecule has 3 rings (SSSR count). The van der Waals surface area contributed by atoms with Gasteiger partial charge in [-0.25, -0.2) is 4.79 Å². The standard InChI is InChI=1S/C16H14INO5S/c1-22-16(20)13-12(15(23-18-13)8-3-4-8)14(19)10-6-5-9(17)7-11(10)24(2)21/h5-8H,3-4H2,1-2H3. The summed E-state index contributed by atoms with van der Waals surface area (Å²) < 4.78 is 22.9. The Morgan fingerprint density at radius 2 is 2.08 bits per heavy atom. The van der Waals surface area contributed by atoms with Crippen molar-refractivity contribution < 1.29 is 23.1 Å². The summed E-state index contributed by atoms with van der Waals surface area (Å²) in [4.78, 5) is 25.5. The molecule has 0 radical (unpaired) electrons. The first-order valence-corrected chi connectivity index (χ1v) is 9.83. The van der Waals surface area contributed by atoms with E-state index in [0.717, 1.165) is 16.4 Å². The zero-order valence-corrected chi connectivity index (χ0v) is 16.0. The predicted octanol–water partition coefficient (Wildman–Crippen LogP) is 2.91. The van der Waals surface area contributed by atoms with Crippen molar-refractivity contribution in [3.8, 4) is 0 Å². The van der Waals surface area contributed by atoms with Crippen LogP contribution in [0.15, 0.2) is 27.6 Å². The molecule has 1 atom stereocenters.